The van der Waals surface area contributed by atoms with Gasteiger partial charge in [-0.15, -0.1) is 0 Å². The Kier molecular flexibility index (Phi) is 5.49. The van der Waals surface area contributed by atoms with E-state index in [4.69, 9.17) is 9.15 Å². The minimum Gasteiger partial charge on any atom is -0.489 e. The number of hydrogen-bond acceptors (Lipinski definition) is 4. The van der Waals surface area contributed by atoms with Crippen LogP contribution in [0.2, 0.25) is 0 Å². The van der Waals surface area contributed by atoms with Crippen molar-refractivity contribution in [1.29, 1.82) is 0 Å². The molecule has 1 aromatic heterocycles. The van der Waals surface area contributed by atoms with Crippen molar-refractivity contribution in [3.05, 3.63) is 89.9 Å². The lowest BCUT2D eigenvalue weighted by molar-refractivity contribution is 0.0907. The van der Waals surface area contributed by atoms with Crippen LogP contribution in [0.1, 0.15) is 27.7 Å². The summed E-state index contributed by atoms with van der Waals surface area (Å²) >= 11 is 0. The number of nitrogens with one attached hydrogen (secondary N) is 1. The quantitative estimate of drug-likeness (QED) is 0.694. The second-order valence-electron chi connectivity index (χ2n) is 5.52. The van der Waals surface area contributed by atoms with Gasteiger partial charge < -0.3 is 19.6 Å². The van der Waals surface area contributed by atoms with E-state index in [1.807, 2.05) is 42.5 Å². The average molecular weight is 337 g/mol. The monoisotopic (exact) mass is 337 g/mol. The van der Waals surface area contributed by atoms with Gasteiger partial charge in [0.15, 0.2) is 0 Å². The molecule has 5 heteroatoms. The lowest BCUT2D eigenvalue weighted by Gasteiger charge is -2.14. The van der Waals surface area contributed by atoms with E-state index in [2.05, 4.69) is 5.32 Å². The molecule has 0 saturated heterocycles. The second kappa shape index (κ2) is 8.17. The van der Waals surface area contributed by atoms with E-state index in [9.17, 15) is 9.90 Å². The minimum absolute atomic E-state index is 0.234. The number of aliphatic hydroxyl groups is 1. The molecule has 25 heavy (non-hydrogen) atoms. The summed E-state index contributed by atoms with van der Waals surface area (Å²) in [5, 5.41) is 12.2. The van der Waals surface area contributed by atoms with Crippen molar-refractivity contribution < 1.29 is 19.1 Å². The first-order chi connectivity index (χ1) is 12.3. The first kappa shape index (κ1) is 16.8. The van der Waals surface area contributed by atoms with Gasteiger partial charge >= 0.3 is 0 Å². The number of carbonyl (C=O) groups is 1. The molecule has 1 atom stereocenters. The average Bonchev–Trinajstić information content (AvgIpc) is 3.20. The summed E-state index contributed by atoms with van der Waals surface area (Å²) < 4.78 is 10.9. The first-order valence-electron chi connectivity index (χ1n) is 7.98. The summed E-state index contributed by atoms with van der Waals surface area (Å²) in [5.74, 6) is 1.04. The number of ether oxygens (including phenoxy) is 1. The van der Waals surface area contributed by atoms with E-state index < -0.39 is 6.04 Å². The van der Waals surface area contributed by atoms with Crippen LogP contribution in [0, 0.1) is 0 Å². The molecule has 0 aliphatic carbocycles. The molecule has 1 heterocycles. The molecular formula is C20H19NO4. The van der Waals surface area contributed by atoms with Crippen LogP contribution in [-0.4, -0.2) is 17.6 Å². The third kappa shape index (κ3) is 4.49. The number of amides is 1. The highest BCUT2D eigenvalue weighted by Crippen LogP contribution is 2.15. The maximum atomic E-state index is 12.3. The van der Waals surface area contributed by atoms with Crippen LogP contribution in [-0.2, 0) is 6.61 Å². The summed E-state index contributed by atoms with van der Waals surface area (Å²) in [6, 6.07) is 19.6. The molecule has 2 aromatic carbocycles. The molecule has 0 radical (unpaired) electrons. The third-order valence-electron chi connectivity index (χ3n) is 3.74. The molecule has 1 amide bonds. The lowest BCUT2D eigenvalue weighted by atomic mass is 10.1. The fraction of sp³-hybridized carbons (Fsp3) is 0.150. The van der Waals surface area contributed by atoms with Gasteiger partial charge in [0.2, 0.25) is 0 Å². The van der Waals surface area contributed by atoms with Gasteiger partial charge in [0, 0.05) is 5.56 Å². The maximum absolute atomic E-state index is 12.3. The number of hydrogen-bond donors (Lipinski definition) is 2. The molecule has 0 saturated carbocycles. The van der Waals surface area contributed by atoms with Gasteiger partial charge in [-0.25, -0.2) is 0 Å². The molecule has 0 aliphatic rings. The van der Waals surface area contributed by atoms with E-state index >= 15 is 0 Å². The summed E-state index contributed by atoms with van der Waals surface area (Å²) in [6.45, 7) is 0.194. The standard InChI is InChI=1S/C20H19NO4/c22-13-18(19-7-4-12-24-19)21-20(23)16-10-8-15(9-11-16)14-25-17-5-2-1-3-6-17/h1-12,18,22H,13-14H2,(H,21,23). The van der Waals surface area contributed by atoms with Crippen molar-refractivity contribution in [2.45, 2.75) is 12.6 Å². The van der Waals surface area contributed by atoms with Gasteiger partial charge in [0.05, 0.1) is 12.9 Å². The molecule has 5 nitrogen and oxygen atoms in total. The molecule has 3 aromatic rings. The largest absolute Gasteiger partial charge is 0.489 e. The Morgan fingerprint density at radius 3 is 2.44 bits per heavy atom. The van der Waals surface area contributed by atoms with Gasteiger partial charge in [0.1, 0.15) is 24.2 Å². The molecular weight excluding hydrogens is 318 g/mol. The van der Waals surface area contributed by atoms with Crippen LogP contribution in [0.5, 0.6) is 5.75 Å². The second-order valence-corrected chi connectivity index (χ2v) is 5.52. The van der Waals surface area contributed by atoms with Crippen LogP contribution < -0.4 is 10.1 Å². The minimum atomic E-state index is -0.566. The maximum Gasteiger partial charge on any atom is 0.251 e. The van der Waals surface area contributed by atoms with Crippen LogP contribution >= 0.6 is 0 Å². The van der Waals surface area contributed by atoms with Gasteiger partial charge in [0.25, 0.3) is 5.91 Å². The zero-order chi connectivity index (χ0) is 17.5. The van der Waals surface area contributed by atoms with E-state index in [1.165, 1.54) is 6.26 Å². The Balaban J connectivity index is 1.58. The van der Waals surface area contributed by atoms with Crippen molar-refractivity contribution in [3.63, 3.8) is 0 Å². The van der Waals surface area contributed by atoms with E-state index in [1.54, 1.807) is 24.3 Å². The Morgan fingerprint density at radius 1 is 1.04 bits per heavy atom. The number of aliphatic hydroxyl groups excluding tert-OH is 1. The zero-order valence-corrected chi connectivity index (χ0v) is 13.6. The van der Waals surface area contributed by atoms with E-state index in [0.29, 0.717) is 17.9 Å². The number of benzene rings is 2. The highest BCUT2D eigenvalue weighted by molar-refractivity contribution is 5.94. The predicted octanol–water partition coefficient (Wildman–Crippen LogP) is 3.32. The SMILES string of the molecule is O=C(NC(CO)c1ccco1)c1ccc(COc2ccccc2)cc1. The van der Waals surface area contributed by atoms with Gasteiger partial charge in [-0.3, -0.25) is 4.79 Å². The number of para-hydroxylation sites is 1. The Labute approximate surface area is 145 Å². The fourth-order valence-electron chi connectivity index (χ4n) is 2.37. The van der Waals surface area contributed by atoms with Crippen molar-refractivity contribution in [3.8, 4) is 5.75 Å². The number of carbonyl (C=O) groups excluding carboxylic acids is 1. The summed E-state index contributed by atoms with van der Waals surface area (Å²) in [4.78, 5) is 12.3. The van der Waals surface area contributed by atoms with Gasteiger partial charge in [-0.05, 0) is 42.0 Å². The van der Waals surface area contributed by atoms with E-state index in [0.717, 1.165) is 11.3 Å². The molecule has 0 bridgehead atoms. The highest BCUT2D eigenvalue weighted by Gasteiger charge is 2.17. The molecule has 0 fully saturated rings. The summed E-state index contributed by atoms with van der Waals surface area (Å²) in [6.07, 6.45) is 1.51. The molecule has 3 rings (SSSR count). The first-order valence-corrected chi connectivity index (χ1v) is 7.98. The predicted molar refractivity (Wildman–Crippen MR) is 93.2 cm³/mol. The van der Waals surface area contributed by atoms with Crippen molar-refractivity contribution in [2.75, 3.05) is 6.61 Å². The van der Waals surface area contributed by atoms with Crippen molar-refractivity contribution >= 4 is 5.91 Å². The van der Waals surface area contributed by atoms with Gasteiger partial charge in [-0.1, -0.05) is 30.3 Å². The van der Waals surface area contributed by atoms with Crippen LogP contribution in [0.3, 0.4) is 0 Å². The fourth-order valence-corrected chi connectivity index (χ4v) is 2.37. The van der Waals surface area contributed by atoms with Gasteiger partial charge in [-0.2, -0.15) is 0 Å². The lowest BCUT2D eigenvalue weighted by Crippen LogP contribution is -2.30. The van der Waals surface area contributed by atoms with E-state index in [-0.39, 0.29) is 12.5 Å². The Morgan fingerprint density at radius 2 is 1.80 bits per heavy atom. The normalized spacial score (nSPS) is 11.7. The van der Waals surface area contributed by atoms with Crippen molar-refractivity contribution in [1.82, 2.24) is 5.32 Å². The smallest absolute Gasteiger partial charge is 0.251 e. The Hall–Kier alpha value is -3.05. The topological polar surface area (TPSA) is 71.7 Å². The van der Waals surface area contributed by atoms with Crippen LogP contribution in [0.25, 0.3) is 0 Å². The highest BCUT2D eigenvalue weighted by atomic mass is 16.5. The molecule has 2 N–H and O–H groups in total. The Bertz CT molecular complexity index is 782. The number of rotatable bonds is 7. The van der Waals surface area contributed by atoms with Crippen molar-refractivity contribution in [2.24, 2.45) is 0 Å². The third-order valence-corrected chi connectivity index (χ3v) is 3.74. The summed E-state index contributed by atoms with van der Waals surface area (Å²) in [7, 11) is 0. The molecule has 1 unspecified atom stereocenters. The van der Waals surface area contributed by atoms with Crippen LogP contribution in [0.15, 0.2) is 77.4 Å². The molecule has 0 spiro atoms. The molecule has 128 valence electrons. The molecule has 0 aliphatic heterocycles. The number of furan rings is 1. The summed E-state index contributed by atoms with van der Waals surface area (Å²) in [5.41, 5.74) is 1.47. The zero-order valence-electron chi connectivity index (χ0n) is 13.6. The van der Waals surface area contributed by atoms with Crippen LogP contribution in [0.4, 0.5) is 0 Å².